The van der Waals surface area contributed by atoms with Crippen molar-refractivity contribution in [2.75, 3.05) is 18.1 Å². The Hall–Kier alpha value is -3.73. The summed E-state index contributed by atoms with van der Waals surface area (Å²) in [6, 6.07) is 20.9. The summed E-state index contributed by atoms with van der Waals surface area (Å²) in [7, 11) is -1.73. The quantitative estimate of drug-likeness (QED) is 0.135. The third-order valence-corrected chi connectivity index (χ3v) is 9.09. The number of anilines is 1. The van der Waals surface area contributed by atoms with Crippen LogP contribution in [0.5, 0.6) is 5.75 Å². The van der Waals surface area contributed by atoms with E-state index < -0.39 is 19.0 Å². The Morgan fingerprint density at radius 1 is 1.00 bits per heavy atom. The van der Waals surface area contributed by atoms with Crippen molar-refractivity contribution < 1.29 is 34.6 Å². The van der Waals surface area contributed by atoms with Gasteiger partial charge in [-0.05, 0) is 89.0 Å². The molecule has 3 aromatic rings. The van der Waals surface area contributed by atoms with Crippen LogP contribution in [0.15, 0.2) is 83.9 Å². The van der Waals surface area contributed by atoms with Gasteiger partial charge in [0.1, 0.15) is 5.75 Å². The Balaban J connectivity index is 1.27. The number of aromatic hydroxyl groups is 1. The van der Waals surface area contributed by atoms with E-state index in [1.807, 2.05) is 36.4 Å². The molecular formula is C33H31BClNO7. The first-order valence-electron chi connectivity index (χ1n) is 14.3. The minimum absolute atomic E-state index is 0.0880. The number of allylic oxidation sites excluding steroid dienone is 1. The van der Waals surface area contributed by atoms with Gasteiger partial charge in [0, 0.05) is 5.92 Å². The number of phenols is 1. The van der Waals surface area contributed by atoms with Crippen molar-refractivity contribution in [3.05, 3.63) is 100 Å². The number of aliphatic hydroxyl groups is 1. The molecule has 220 valence electrons. The van der Waals surface area contributed by atoms with Crippen LogP contribution >= 0.6 is 11.6 Å². The molecule has 2 saturated heterocycles. The molecule has 6 rings (SSSR count). The molecular weight excluding hydrogens is 569 g/mol. The van der Waals surface area contributed by atoms with Gasteiger partial charge in [0.25, 0.3) is 0 Å². The molecule has 0 spiro atoms. The number of fused-ring (bicyclic) bond motifs is 3. The van der Waals surface area contributed by atoms with Crippen molar-refractivity contribution in [1.82, 2.24) is 0 Å². The number of rotatable bonds is 8. The number of phenolic OH excluding ortho intramolecular Hbond substituents is 1. The first-order chi connectivity index (χ1) is 20.8. The fourth-order valence-electron chi connectivity index (χ4n) is 6.76. The first-order valence-corrected chi connectivity index (χ1v) is 14.7. The fourth-order valence-corrected chi connectivity index (χ4v) is 6.99. The van der Waals surface area contributed by atoms with Gasteiger partial charge < -0.3 is 25.0 Å². The summed E-state index contributed by atoms with van der Waals surface area (Å²) >= 11 is 6.42. The molecule has 0 saturated carbocycles. The van der Waals surface area contributed by atoms with Crippen LogP contribution in [0, 0.1) is 17.8 Å². The lowest BCUT2D eigenvalue weighted by Crippen LogP contribution is -2.35. The molecule has 43 heavy (non-hydrogen) atoms. The number of nitrogens with zero attached hydrogens (tertiary/aromatic N) is 1. The zero-order chi connectivity index (χ0) is 30.2. The number of benzene rings is 3. The largest absolute Gasteiger partial charge is 0.508 e. The molecule has 2 fully saturated rings. The average molecular weight is 600 g/mol. The average Bonchev–Trinajstić information content (AvgIpc) is 3.54. The molecule has 0 aromatic heterocycles. The van der Waals surface area contributed by atoms with E-state index in [1.54, 1.807) is 24.3 Å². The zero-order valence-corrected chi connectivity index (χ0v) is 24.0. The van der Waals surface area contributed by atoms with Crippen LogP contribution in [0.3, 0.4) is 0 Å². The lowest BCUT2D eigenvalue weighted by Gasteiger charge is -2.31. The number of hydrogen-bond acceptors (Lipinski definition) is 7. The van der Waals surface area contributed by atoms with Crippen molar-refractivity contribution in [3.63, 3.8) is 0 Å². The fraction of sp³-hybridized carbons (Fsp3) is 0.273. The summed E-state index contributed by atoms with van der Waals surface area (Å²) in [5, 5.41) is 39.8. The highest BCUT2D eigenvalue weighted by atomic mass is 35.5. The normalized spacial score (nSPS) is 23.5. The van der Waals surface area contributed by atoms with Crippen LogP contribution in [-0.4, -0.2) is 58.5 Å². The summed E-state index contributed by atoms with van der Waals surface area (Å²) in [5.74, 6) is -2.18. The van der Waals surface area contributed by atoms with Gasteiger partial charge in [-0.2, -0.15) is 0 Å². The van der Waals surface area contributed by atoms with Crippen LogP contribution in [0.1, 0.15) is 30.4 Å². The molecule has 0 unspecified atom stereocenters. The van der Waals surface area contributed by atoms with Gasteiger partial charge in [-0.25, -0.2) is 0 Å². The summed E-state index contributed by atoms with van der Waals surface area (Å²) in [4.78, 5) is 28.5. The number of carbonyl (C=O) groups is 2. The Labute approximate surface area is 254 Å². The molecule has 4 N–H and O–H groups in total. The summed E-state index contributed by atoms with van der Waals surface area (Å²) < 4.78 is 6.29. The van der Waals surface area contributed by atoms with Crippen molar-refractivity contribution in [3.8, 4) is 5.75 Å². The van der Waals surface area contributed by atoms with Crippen LogP contribution in [-0.2, 0) is 14.3 Å². The Bertz CT molecular complexity index is 1620. The summed E-state index contributed by atoms with van der Waals surface area (Å²) in [6.45, 7) is 0.0359. The van der Waals surface area contributed by atoms with E-state index in [1.165, 1.54) is 18.2 Å². The van der Waals surface area contributed by atoms with Crippen molar-refractivity contribution in [2.45, 2.75) is 25.4 Å². The van der Waals surface area contributed by atoms with Gasteiger partial charge in [0.2, 0.25) is 11.8 Å². The van der Waals surface area contributed by atoms with Crippen LogP contribution in [0.2, 0.25) is 5.02 Å². The van der Waals surface area contributed by atoms with Crippen molar-refractivity contribution >= 4 is 53.3 Å². The lowest BCUT2D eigenvalue weighted by molar-refractivity contribution is -0.122. The highest BCUT2D eigenvalue weighted by molar-refractivity contribution is 6.58. The topological polar surface area (TPSA) is 128 Å². The van der Waals surface area contributed by atoms with Crippen molar-refractivity contribution in [1.29, 1.82) is 0 Å². The van der Waals surface area contributed by atoms with Gasteiger partial charge in [0.15, 0.2) is 0 Å². The number of amides is 2. The van der Waals surface area contributed by atoms with Gasteiger partial charge >= 0.3 is 7.12 Å². The molecule has 2 amide bonds. The van der Waals surface area contributed by atoms with Gasteiger partial charge in [-0.3, -0.25) is 14.5 Å². The number of ether oxygens (including phenoxy) is 1. The third kappa shape index (κ3) is 5.55. The molecule has 2 aliphatic heterocycles. The molecule has 4 atom stereocenters. The van der Waals surface area contributed by atoms with Crippen molar-refractivity contribution in [2.24, 2.45) is 17.8 Å². The number of aliphatic hydroxyl groups excluding tert-OH is 1. The van der Waals surface area contributed by atoms with E-state index in [0.29, 0.717) is 23.6 Å². The second-order valence-corrected chi connectivity index (χ2v) is 11.6. The maximum atomic E-state index is 13.8. The van der Waals surface area contributed by atoms with E-state index in [-0.39, 0.29) is 54.7 Å². The molecule has 0 bridgehead atoms. The molecule has 3 aliphatic rings. The number of hydrogen-bond donors (Lipinski definition) is 4. The standard InChI is InChI=1S/C33H31BClNO7/c35-28-16-25(38)11-9-21(28)13-20(19-5-2-1-3-6-19)10-12-29-30-22(17-37)14-26-31(27(30)18-43-29)33(40)36(32(26)39)24-8-4-7-23(15-24)34(41)42/h1-9,11,13,15-16,26-27,29,31,37-38,41-42H,10,12,14,17-18H2/b20-13-/t26-,27+,29-,31-/m1/s1. The zero-order valence-electron chi connectivity index (χ0n) is 23.3. The maximum absolute atomic E-state index is 13.8. The third-order valence-electron chi connectivity index (χ3n) is 8.76. The van der Waals surface area contributed by atoms with Gasteiger partial charge in [-0.15, -0.1) is 0 Å². The highest BCUT2D eigenvalue weighted by Gasteiger charge is 2.57. The first kappa shape index (κ1) is 29.4. The van der Waals surface area contributed by atoms with E-state index in [4.69, 9.17) is 16.3 Å². The second-order valence-electron chi connectivity index (χ2n) is 11.2. The summed E-state index contributed by atoms with van der Waals surface area (Å²) in [5.41, 5.74) is 4.93. The predicted octanol–water partition coefficient (Wildman–Crippen LogP) is 3.56. The molecule has 1 aliphatic carbocycles. The van der Waals surface area contributed by atoms with Gasteiger partial charge in [0.05, 0.1) is 41.9 Å². The van der Waals surface area contributed by atoms with E-state index >= 15 is 0 Å². The monoisotopic (exact) mass is 599 g/mol. The lowest BCUT2D eigenvalue weighted by atomic mass is 9.69. The molecule has 8 nitrogen and oxygen atoms in total. The summed E-state index contributed by atoms with van der Waals surface area (Å²) in [6.07, 6.45) is 3.13. The molecule has 0 radical (unpaired) electrons. The van der Waals surface area contributed by atoms with Crippen LogP contribution < -0.4 is 10.4 Å². The number of halogens is 1. The Kier molecular flexibility index (Phi) is 8.26. The van der Waals surface area contributed by atoms with Crippen LogP contribution in [0.4, 0.5) is 5.69 Å². The molecule has 2 heterocycles. The van der Waals surface area contributed by atoms with E-state index in [2.05, 4.69) is 0 Å². The van der Waals surface area contributed by atoms with Gasteiger partial charge in [-0.1, -0.05) is 54.1 Å². The Morgan fingerprint density at radius 3 is 2.51 bits per heavy atom. The minimum Gasteiger partial charge on any atom is -0.508 e. The highest BCUT2D eigenvalue weighted by Crippen LogP contribution is 2.50. The number of carbonyl (C=O) groups excluding carboxylic acids is 2. The molecule has 3 aromatic carbocycles. The molecule has 10 heteroatoms. The van der Waals surface area contributed by atoms with Crippen LogP contribution in [0.25, 0.3) is 11.6 Å². The Morgan fingerprint density at radius 2 is 1.79 bits per heavy atom. The van der Waals surface area contributed by atoms with E-state index in [0.717, 1.165) is 32.7 Å². The minimum atomic E-state index is -1.73. The number of imide groups is 1. The SMILES string of the molecule is O=C1[C@@H]2[C@@H](CC(CO)=C3[C@@H](CC/C(=C/c4ccc(O)cc4Cl)c4ccccc4)OC[C@@H]32)C(=O)N1c1cccc(B(O)O)c1. The maximum Gasteiger partial charge on any atom is 0.488 e. The smallest absolute Gasteiger partial charge is 0.488 e. The predicted molar refractivity (Wildman–Crippen MR) is 164 cm³/mol. The second kappa shape index (κ2) is 12.1. The van der Waals surface area contributed by atoms with E-state index in [9.17, 15) is 29.9 Å².